The standard InChI is InChI=1S/C18H16F6N4O2/c19-17(20,21)10-5-9(6-11(7-10)18(22,23)24)16(30)28-4-2-1-3-14(28)12-8-13(15(25)29)27-26-12/h5-8,14H,1-4H2,(H2,25,29)(H,26,27). The minimum Gasteiger partial charge on any atom is -0.364 e. The predicted octanol–water partition coefficient (Wildman–Crippen LogP) is 3.91. The van der Waals surface area contributed by atoms with E-state index < -0.39 is 46.9 Å². The third kappa shape index (κ3) is 4.41. The Hall–Kier alpha value is -3.05. The first-order valence-electron chi connectivity index (χ1n) is 8.83. The summed E-state index contributed by atoms with van der Waals surface area (Å²) in [5, 5.41) is 6.27. The number of likely N-dealkylation sites (tertiary alicyclic amines) is 1. The number of aromatic amines is 1. The average Bonchev–Trinajstić information content (AvgIpc) is 3.16. The van der Waals surface area contributed by atoms with E-state index in [1.54, 1.807) is 0 Å². The fourth-order valence-electron chi connectivity index (χ4n) is 3.38. The monoisotopic (exact) mass is 434 g/mol. The summed E-state index contributed by atoms with van der Waals surface area (Å²) in [4.78, 5) is 25.4. The van der Waals surface area contributed by atoms with Crippen molar-refractivity contribution in [2.75, 3.05) is 6.54 Å². The van der Waals surface area contributed by atoms with E-state index in [9.17, 15) is 35.9 Å². The zero-order valence-electron chi connectivity index (χ0n) is 15.3. The number of aromatic nitrogens is 2. The molecule has 6 nitrogen and oxygen atoms in total. The second-order valence-electron chi connectivity index (χ2n) is 6.88. The maximum atomic E-state index is 13.1. The topological polar surface area (TPSA) is 92.1 Å². The molecule has 0 spiro atoms. The highest BCUT2D eigenvalue weighted by molar-refractivity contribution is 5.95. The van der Waals surface area contributed by atoms with Crippen molar-refractivity contribution in [3.63, 3.8) is 0 Å². The molecule has 3 rings (SSSR count). The quantitative estimate of drug-likeness (QED) is 0.718. The number of hydrogen-bond donors (Lipinski definition) is 2. The number of nitrogens with one attached hydrogen (secondary N) is 1. The van der Waals surface area contributed by atoms with Crippen LogP contribution in [-0.2, 0) is 12.4 Å². The van der Waals surface area contributed by atoms with Crippen LogP contribution >= 0.6 is 0 Å². The molecule has 30 heavy (non-hydrogen) atoms. The number of piperidine rings is 1. The summed E-state index contributed by atoms with van der Waals surface area (Å²) in [7, 11) is 0. The Bertz CT molecular complexity index is 934. The smallest absolute Gasteiger partial charge is 0.364 e. The number of primary amides is 1. The molecular formula is C18H16F6N4O2. The van der Waals surface area contributed by atoms with Gasteiger partial charge in [0.2, 0.25) is 0 Å². The second-order valence-corrected chi connectivity index (χ2v) is 6.88. The molecule has 3 N–H and O–H groups in total. The predicted molar refractivity (Wildman–Crippen MR) is 91.2 cm³/mol. The van der Waals surface area contributed by atoms with Gasteiger partial charge < -0.3 is 10.6 Å². The Morgan fingerprint density at radius 3 is 2.10 bits per heavy atom. The fraction of sp³-hybridized carbons (Fsp3) is 0.389. The van der Waals surface area contributed by atoms with Crippen LogP contribution in [0, 0.1) is 0 Å². The summed E-state index contributed by atoms with van der Waals surface area (Å²) in [6.07, 6.45) is -8.55. The molecule has 12 heteroatoms. The van der Waals surface area contributed by atoms with Gasteiger partial charge in [-0.3, -0.25) is 14.7 Å². The summed E-state index contributed by atoms with van der Waals surface area (Å²) < 4.78 is 78.7. The number of alkyl halides is 6. The van der Waals surface area contributed by atoms with Crippen molar-refractivity contribution < 1.29 is 35.9 Å². The molecule has 1 aliphatic rings. The molecule has 2 heterocycles. The molecule has 0 bridgehead atoms. The number of benzene rings is 1. The van der Waals surface area contributed by atoms with Crippen LogP contribution in [0.25, 0.3) is 0 Å². The van der Waals surface area contributed by atoms with Crippen LogP contribution in [0.2, 0.25) is 0 Å². The summed E-state index contributed by atoms with van der Waals surface area (Å²) in [5.74, 6) is -1.80. The van der Waals surface area contributed by atoms with E-state index in [-0.39, 0.29) is 18.3 Å². The van der Waals surface area contributed by atoms with Gasteiger partial charge in [0.15, 0.2) is 0 Å². The number of rotatable bonds is 3. The normalized spacial score (nSPS) is 17.8. The number of hydrogen-bond acceptors (Lipinski definition) is 3. The zero-order chi connectivity index (χ0) is 22.3. The van der Waals surface area contributed by atoms with Gasteiger partial charge in [-0.25, -0.2) is 0 Å². The van der Waals surface area contributed by atoms with Crippen LogP contribution in [0.15, 0.2) is 24.3 Å². The number of H-pyrrole nitrogens is 1. The number of carbonyl (C=O) groups is 2. The van der Waals surface area contributed by atoms with Gasteiger partial charge in [-0.1, -0.05) is 0 Å². The minimum absolute atomic E-state index is 0.0293. The van der Waals surface area contributed by atoms with Gasteiger partial charge in [0, 0.05) is 12.1 Å². The molecule has 2 amide bonds. The Kier molecular flexibility index (Phi) is 5.52. The number of nitrogens with two attached hydrogens (primary N) is 1. The van der Waals surface area contributed by atoms with E-state index in [1.165, 1.54) is 11.0 Å². The lowest BCUT2D eigenvalue weighted by Crippen LogP contribution is -2.39. The Labute approximate surface area is 166 Å². The van der Waals surface area contributed by atoms with E-state index in [0.29, 0.717) is 37.1 Å². The van der Waals surface area contributed by atoms with Crippen LogP contribution < -0.4 is 5.73 Å². The Morgan fingerprint density at radius 2 is 1.60 bits per heavy atom. The van der Waals surface area contributed by atoms with Crippen molar-refractivity contribution in [1.82, 2.24) is 15.1 Å². The van der Waals surface area contributed by atoms with Gasteiger partial charge >= 0.3 is 12.4 Å². The third-order valence-electron chi connectivity index (χ3n) is 4.81. The number of carbonyl (C=O) groups excluding carboxylic acids is 2. The van der Waals surface area contributed by atoms with Gasteiger partial charge in [-0.2, -0.15) is 31.4 Å². The molecule has 2 aromatic rings. The van der Waals surface area contributed by atoms with Crippen LogP contribution in [0.4, 0.5) is 26.3 Å². The van der Waals surface area contributed by atoms with Gasteiger partial charge in [0.05, 0.1) is 22.9 Å². The van der Waals surface area contributed by atoms with Crippen LogP contribution in [0.1, 0.15) is 63.0 Å². The Balaban J connectivity index is 2.01. The van der Waals surface area contributed by atoms with E-state index in [0.717, 1.165) is 0 Å². The van der Waals surface area contributed by atoms with Crippen molar-refractivity contribution in [3.05, 3.63) is 52.3 Å². The highest BCUT2D eigenvalue weighted by Crippen LogP contribution is 2.38. The lowest BCUT2D eigenvalue weighted by atomic mass is 9.96. The molecular weight excluding hydrogens is 418 g/mol. The molecule has 0 saturated carbocycles. The van der Waals surface area contributed by atoms with Crippen molar-refractivity contribution in [3.8, 4) is 0 Å². The van der Waals surface area contributed by atoms with Gasteiger partial charge in [-0.05, 0) is 43.5 Å². The highest BCUT2D eigenvalue weighted by atomic mass is 19.4. The largest absolute Gasteiger partial charge is 0.416 e. The van der Waals surface area contributed by atoms with Crippen molar-refractivity contribution >= 4 is 11.8 Å². The molecule has 0 radical (unpaired) electrons. The number of nitrogens with zero attached hydrogens (tertiary/aromatic N) is 2. The Morgan fingerprint density at radius 1 is 1.00 bits per heavy atom. The van der Waals surface area contributed by atoms with Crippen LogP contribution in [0.3, 0.4) is 0 Å². The third-order valence-corrected chi connectivity index (χ3v) is 4.81. The van der Waals surface area contributed by atoms with E-state index >= 15 is 0 Å². The van der Waals surface area contributed by atoms with E-state index in [2.05, 4.69) is 10.2 Å². The zero-order valence-corrected chi connectivity index (χ0v) is 15.3. The second kappa shape index (κ2) is 7.65. The van der Waals surface area contributed by atoms with E-state index in [4.69, 9.17) is 5.73 Å². The fourth-order valence-corrected chi connectivity index (χ4v) is 3.38. The highest BCUT2D eigenvalue weighted by Gasteiger charge is 2.39. The molecule has 0 aliphatic carbocycles. The van der Waals surface area contributed by atoms with Crippen LogP contribution in [0.5, 0.6) is 0 Å². The first kappa shape index (κ1) is 21.7. The van der Waals surface area contributed by atoms with Gasteiger partial charge in [-0.15, -0.1) is 0 Å². The maximum Gasteiger partial charge on any atom is 0.416 e. The maximum absolute atomic E-state index is 13.1. The summed E-state index contributed by atoms with van der Waals surface area (Å²) in [6.45, 7) is 0.117. The summed E-state index contributed by atoms with van der Waals surface area (Å²) in [6, 6.07) is 1.40. The lowest BCUT2D eigenvalue weighted by Gasteiger charge is -2.35. The van der Waals surface area contributed by atoms with Crippen molar-refractivity contribution in [1.29, 1.82) is 0 Å². The summed E-state index contributed by atoms with van der Waals surface area (Å²) >= 11 is 0. The molecule has 162 valence electrons. The van der Waals surface area contributed by atoms with Gasteiger partial charge in [0.1, 0.15) is 5.69 Å². The lowest BCUT2D eigenvalue weighted by molar-refractivity contribution is -0.143. The molecule has 1 fully saturated rings. The molecule has 1 aromatic heterocycles. The average molecular weight is 434 g/mol. The molecule has 1 aliphatic heterocycles. The molecule has 1 unspecified atom stereocenters. The van der Waals surface area contributed by atoms with Crippen molar-refractivity contribution in [2.45, 2.75) is 37.7 Å². The summed E-state index contributed by atoms with van der Waals surface area (Å²) in [5.41, 5.74) is 1.52. The van der Waals surface area contributed by atoms with E-state index in [1.807, 2.05) is 0 Å². The van der Waals surface area contributed by atoms with Crippen molar-refractivity contribution in [2.24, 2.45) is 5.73 Å². The van der Waals surface area contributed by atoms with Gasteiger partial charge in [0.25, 0.3) is 11.8 Å². The number of halogens is 6. The minimum atomic E-state index is -5.06. The molecule has 1 saturated heterocycles. The van der Waals surface area contributed by atoms with Crippen LogP contribution in [-0.4, -0.2) is 33.5 Å². The first-order valence-corrected chi connectivity index (χ1v) is 8.83. The molecule has 1 atom stereocenters. The SMILES string of the molecule is NC(=O)c1cc(C2CCCCN2C(=O)c2cc(C(F)(F)F)cc(C(F)(F)F)c2)[nH]n1. The molecule has 1 aromatic carbocycles. The number of amides is 2. The first-order chi connectivity index (χ1) is 13.9.